The van der Waals surface area contributed by atoms with E-state index in [1.807, 2.05) is 0 Å². The topological polar surface area (TPSA) is 109 Å². The SMILES string of the molecule is O=[N+]([O-])c1ccc([C@@H](O)[C@@H](CO)Nc2ccnc3cc(Cl)ccc23)cc1. The van der Waals surface area contributed by atoms with E-state index in [1.165, 1.54) is 24.3 Å². The molecule has 1 aromatic heterocycles. The Morgan fingerprint density at radius 1 is 1.19 bits per heavy atom. The molecule has 0 saturated carbocycles. The number of benzene rings is 2. The van der Waals surface area contributed by atoms with E-state index < -0.39 is 17.1 Å². The molecule has 0 unspecified atom stereocenters. The van der Waals surface area contributed by atoms with Crippen LogP contribution in [0.2, 0.25) is 5.02 Å². The van der Waals surface area contributed by atoms with E-state index in [4.69, 9.17) is 11.6 Å². The lowest BCUT2D eigenvalue weighted by Gasteiger charge is -2.24. The van der Waals surface area contributed by atoms with Gasteiger partial charge < -0.3 is 15.5 Å². The number of nitrogens with zero attached hydrogens (tertiary/aromatic N) is 2. The largest absolute Gasteiger partial charge is 0.394 e. The van der Waals surface area contributed by atoms with Crippen molar-refractivity contribution in [1.29, 1.82) is 0 Å². The third-order valence-electron chi connectivity index (χ3n) is 4.07. The van der Waals surface area contributed by atoms with Gasteiger partial charge in [-0.05, 0) is 42.0 Å². The van der Waals surface area contributed by atoms with E-state index in [2.05, 4.69) is 10.3 Å². The molecule has 0 amide bonds. The van der Waals surface area contributed by atoms with E-state index in [9.17, 15) is 20.3 Å². The second kappa shape index (κ2) is 7.65. The average molecular weight is 374 g/mol. The number of halogens is 1. The Morgan fingerprint density at radius 3 is 2.58 bits per heavy atom. The first-order valence-electron chi connectivity index (χ1n) is 7.83. The molecule has 0 fully saturated rings. The molecule has 0 aliphatic heterocycles. The molecule has 3 aromatic rings. The van der Waals surface area contributed by atoms with Crippen molar-refractivity contribution in [3.8, 4) is 0 Å². The zero-order valence-corrected chi connectivity index (χ0v) is 14.3. The van der Waals surface area contributed by atoms with Crippen molar-refractivity contribution in [3.05, 3.63) is 75.4 Å². The summed E-state index contributed by atoms with van der Waals surface area (Å²) in [5.74, 6) is 0. The van der Waals surface area contributed by atoms with Crippen LogP contribution in [0.25, 0.3) is 10.9 Å². The van der Waals surface area contributed by atoms with Crippen molar-refractivity contribution in [2.24, 2.45) is 0 Å². The summed E-state index contributed by atoms with van der Waals surface area (Å²) in [4.78, 5) is 14.5. The zero-order chi connectivity index (χ0) is 18.7. The lowest BCUT2D eigenvalue weighted by molar-refractivity contribution is -0.384. The number of hydrogen-bond donors (Lipinski definition) is 3. The van der Waals surface area contributed by atoms with E-state index in [0.29, 0.717) is 21.8 Å². The van der Waals surface area contributed by atoms with Crippen LogP contribution < -0.4 is 5.32 Å². The van der Waals surface area contributed by atoms with Crippen LogP contribution in [-0.2, 0) is 0 Å². The molecule has 26 heavy (non-hydrogen) atoms. The first-order chi connectivity index (χ1) is 12.5. The van der Waals surface area contributed by atoms with Gasteiger partial charge >= 0.3 is 0 Å². The summed E-state index contributed by atoms with van der Waals surface area (Å²) in [6.45, 7) is -0.338. The third-order valence-corrected chi connectivity index (χ3v) is 4.30. The van der Waals surface area contributed by atoms with Gasteiger partial charge in [-0.2, -0.15) is 0 Å². The lowest BCUT2D eigenvalue weighted by Crippen LogP contribution is -2.31. The van der Waals surface area contributed by atoms with E-state index in [0.717, 1.165) is 5.39 Å². The van der Waals surface area contributed by atoms with Gasteiger partial charge in [0.15, 0.2) is 0 Å². The number of nitrogens with one attached hydrogen (secondary N) is 1. The molecule has 1 heterocycles. The Bertz CT molecular complexity index is 933. The molecule has 0 saturated heterocycles. The Balaban J connectivity index is 1.86. The summed E-state index contributed by atoms with van der Waals surface area (Å²) in [7, 11) is 0. The molecule has 0 spiro atoms. The number of fused-ring (bicyclic) bond motifs is 1. The minimum Gasteiger partial charge on any atom is -0.394 e. The third kappa shape index (κ3) is 3.75. The van der Waals surface area contributed by atoms with Crippen LogP contribution in [0.15, 0.2) is 54.7 Å². The van der Waals surface area contributed by atoms with Gasteiger partial charge in [-0.25, -0.2) is 0 Å². The predicted molar refractivity (Wildman–Crippen MR) is 99.3 cm³/mol. The van der Waals surface area contributed by atoms with Crippen LogP contribution in [0.3, 0.4) is 0 Å². The molecular formula is C18H16ClN3O4. The van der Waals surface area contributed by atoms with Crippen LogP contribution in [0.4, 0.5) is 11.4 Å². The Morgan fingerprint density at radius 2 is 1.92 bits per heavy atom. The number of non-ortho nitro benzene ring substituents is 1. The van der Waals surface area contributed by atoms with E-state index in [1.54, 1.807) is 30.5 Å². The predicted octanol–water partition coefficient (Wildman–Crippen LogP) is 3.30. The van der Waals surface area contributed by atoms with Crippen LogP contribution in [0.1, 0.15) is 11.7 Å². The Labute approximate surface area is 154 Å². The molecule has 0 aliphatic carbocycles. The van der Waals surface area contributed by atoms with Gasteiger partial charge in [0.25, 0.3) is 5.69 Å². The Hall–Kier alpha value is -2.74. The fourth-order valence-electron chi connectivity index (χ4n) is 2.70. The summed E-state index contributed by atoms with van der Waals surface area (Å²) in [6.07, 6.45) is 0.546. The van der Waals surface area contributed by atoms with Gasteiger partial charge in [0.05, 0.1) is 23.1 Å². The van der Waals surface area contributed by atoms with Gasteiger partial charge in [0.1, 0.15) is 6.10 Å². The number of anilines is 1. The van der Waals surface area contributed by atoms with Gasteiger partial charge in [0.2, 0.25) is 0 Å². The van der Waals surface area contributed by atoms with Crippen LogP contribution >= 0.6 is 11.6 Å². The maximum atomic E-state index is 10.7. The average Bonchev–Trinajstić information content (AvgIpc) is 2.65. The molecule has 7 nitrogen and oxygen atoms in total. The highest BCUT2D eigenvalue weighted by Crippen LogP contribution is 2.28. The van der Waals surface area contributed by atoms with Gasteiger partial charge in [-0.15, -0.1) is 0 Å². The first-order valence-corrected chi connectivity index (χ1v) is 8.21. The maximum Gasteiger partial charge on any atom is 0.269 e. The van der Waals surface area contributed by atoms with Crippen LogP contribution in [-0.4, -0.2) is 32.8 Å². The summed E-state index contributed by atoms with van der Waals surface area (Å²) < 4.78 is 0. The summed E-state index contributed by atoms with van der Waals surface area (Å²) in [6, 6.07) is 11.9. The molecule has 8 heteroatoms. The van der Waals surface area contributed by atoms with Crippen molar-refractivity contribution in [2.75, 3.05) is 11.9 Å². The molecule has 2 aromatic carbocycles. The van der Waals surface area contributed by atoms with Gasteiger partial charge in [0, 0.05) is 34.4 Å². The van der Waals surface area contributed by atoms with Crippen molar-refractivity contribution in [3.63, 3.8) is 0 Å². The van der Waals surface area contributed by atoms with Crippen molar-refractivity contribution >= 4 is 33.9 Å². The number of nitro benzene ring substituents is 1. The fraction of sp³-hybridized carbons (Fsp3) is 0.167. The molecule has 0 bridgehead atoms. The lowest BCUT2D eigenvalue weighted by atomic mass is 10.0. The monoisotopic (exact) mass is 373 g/mol. The normalized spacial score (nSPS) is 13.3. The summed E-state index contributed by atoms with van der Waals surface area (Å²) >= 11 is 5.98. The van der Waals surface area contributed by atoms with Gasteiger partial charge in [-0.1, -0.05) is 11.6 Å². The first kappa shape index (κ1) is 18.1. The number of nitro groups is 1. The smallest absolute Gasteiger partial charge is 0.269 e. The number of pyridine rings is 1. The second-order valence-electron chi connectivity index (χ2n) is 5.75. The molecular weight excluding hydrogens is 358 g/mol. The quantitative estimate of drug-likeness (QED) is 0.452. The highest BCUT2D eigenvalue weighted by Gasteiger charge is 2.21. The molecule has 3 rings (SSSR count). The number of rotatable bonds is 6. The standard InChI is InChI=1S/C18H16ClN3O4/c19-12-3-6-14-15(7-8-20-16(14)9-12)21-17(10-23)18(24)11-1-4-13(5-2-11)22(25)26/h1-9,17-18,23-24H,10H2,(H,20,21)/t17-,18-/m1/s1. The zero-order valence-electron chi connectivity index (χ0n) is 13.5. The van der Waals surface area contributed by atoms with Crippen LogP contribution in [0, 0.1) is 10.1 Å². The minimum atomic E-state index is -1.06. The van der Waals surface area contributed by atoms with Crippen molar-refractivity contribution in [1.82, 2.24) is 4.98 Å². The van der Waals surface area contributed by atoms with Crippen LogP contribution in [0.5, 0.6) is 0 Å². The van der Waals surface area contributed by atoms with Crippen molar-refractivity contribution < 1.29 is 15.1 Å². The Kier molecular flexibility index (Phi) is 5.32. The summed E-state index contributed by atoms with van der Waals surface area (Å²) in [5.41, 5.74) is 1.77. The minimum absolute atomic E-state index is 0.0635. The fourth-order valence-corrected chi connectivity index (χ4v) is 2.86. The molecule has 2 atom stereocenters. The number of aliphatic hydroxyl groups excluding tert-OH is 2. The number of aromatic nitrogens is 1. The maximum absolute atomic E-state index is 10.7. The highest BCUT2D eigenvalue weighted by molar-refractivity contribution is 6.31. The molecule has 3 N–H and O–H groups in total. The number of hydrogen-bond acceptors (Lipinski definition) is 6. The number of aliphatic hydroxyl groups is 2. The molecule has 134 valence electrons. The van der Waals surface area contributed by atoms with E-state index in [-0.39, 0.29) is 12.3 Å². The van der Waals surface area contributed by atoms with E-state index >= 15 is 0 Å². The highest BCUT2D eigenvalue weighted by atomic mass is 35.5. The molecule has 0 aliphatic rings. The van der Waals surface area contributed by atoms with Gasteiger partial charge in [-0.3, -0.25) is 15.1 Å². The summed E-state index contributed by atoms with van der Waals surface area (Å²) in [5, 5.41) is 35.5. The van der Waals surface area contributed by atoms with Crippen molar-refractivity contribution in [2.45, 2.75) is 12.1 Å². The molecule has 0 radical (unpaired) electrons. The second-order valence-corrected chi connectivity index (χ2v) is 6.18.